The van der Waals surface area contributed by atoms with Crippen LogP contribution in [0.25, 0.3) is 0 Å². The third-order valence-corrected chi connectivity index (χ3v) is 6.16. The minimum Gasteiger partial charge on any atom is -0.468 e. The van der Waals surface area contributed by atoms with Gasteiger partial charge in [-0.3, -0.25) is 10.1 Å². The maximum atomic E-state index is 12.0. The summed E-state index contributed by atoms with van der Waals surface area (Å²) in [4.78, 5) is 12.0. The lowest BCUT2D eigenvalue weighted by atomic mass is 9.99. The molecule has 8 heteroatoms. The Morgan fingerprint density at radius 2 is 2.20 bits per heavy atom. The first-order chi connectivity index (χ1) is 9.57. The Labute approximate surface area is 131 Å². The van der Waals surface area contributed by atoms with Crippen molar-refractivity contribution in [2.75, 3.05) is 19.1 Å². The molecular formula is C12H19N3O2S3. The number of ether oxygens (including phenoxy) is 1. The van der Waals surface area contributed by atoms with Crippen LogP contribution in [0, 0.1) is 0 Å². The molecule has 0 amide bonds. The molecule has 0 saturated heterocycles. The normalized spacial score (nSPS) is 17.8. The van der Waals surface area contributed by atoms with E-state index in [4.69, 9.17) is 4.74 Å². The lowest BCUT2D eigenvalue weighted by Crippen LogP contribution is -2.51. The van der Waals surface area contributed by atoms with Crippen LogP contribution in [0.1, 0.15) is 26.2 Å². The highest BCUT2D eigenvalue weighted by atomic mass is 32.2. The standard InChI is InChI=1S/C12H19N3O2S3/c1-12(9(16)17-2,13-8-4-5-8)6-7-19-11-15-14-10(18-3)20-11/h8,13H,4-7H2,1-3H3. The highest BCUT2D eigenvalue weighted by Crippen LogP contribution is 2.30. The third kappa shape index (κ3) is 4.34. The molecule has 1 aromatic heterocycles. The van der Waals surface area contributed by atoms with Gasteiger partial charge < -0.3 is 4.74 Å². The number of nitrogens with zero attached hydrogens (tertiary/aromatic N) is 2. The van der Waals surface area contributed by atoms with Crippen molar-refractivity contribution in [3.05, 3.63) is 0 Å². The lowest BCUT2D eigenvalue weighted by molar-refractivity contribution is -0.148. The van der Waals surface area contributed by atoms with E-state index in [9.17, 15) is 4.79 Å². The van der Waals surface area contributed by atoms with E-state index < -0.39 is 5.54 Å². The molecule has 0 spiro atoms. The van der Waals surface area contributed by atoms with Crippen molar-refractivity contribution in [2.45, 2.75) is 46.4 Å². The lowest BCUT2D eigenvalue weighted by Gasteiger charge is -2.27. The van der Waals surface area contributed by atoms with Gasteiger partial charge in [-0.25, -0.2) is 0 Å². The molecule has 5 nitrogen and oxygen atoms in total. The van der Waals surface area contributed by atoms with Crippen molar-refractivity contribution in [3.63, 3.8) is 0 Å². The smallest absolute Gasteiger partial charge is 0.325 e. The predicted molar refractivity (Wildman–Crippen MR) is 83.6 cm³/mol. The van der Waals surface area contributed by atoms with Crippen LogP contribution in [0.4, 0.5) is 0 Å². The van der Waals surface area contributed by atoms with Gasteiger partial charge in [0.25, 0.3) is 0 Å². The van der Waals surface area contributed by atoms with Gasteiger partial charge in [0, 0.05) is 11.8 Å². The Morgan fingerprint density at radius 1 is 1.50 bits per heavy atom. The zero-order chi connectivity index (χ0) is 14.6. The van der Waals surface area contributed by atoms with E-state index in [0.29, 0.717) is 6.04 Å². The number of aromatic nitrogens is 2. The maximum Gasteiger partial charge on any atom is 0.325 e. The summed E-state index contributed by atoms with van der Waals surface area (Å²) in [6.07, 6.45) is 5.00. The minimum atomic E-state index is -0.601. The van der Waals surface area contributed by atoms with Gasteiger partial charge in [-0.2, -0.15) is 0 Å². The number of carbonyl (C=O) groups excluding carboxylic acids is 1. The van der Waals surface area contributed by atoms with Gasteiger partial charge in [-0.15, -0.1) is 10.2 Å². The zero-order valence-electron chi connectivity index (χ0n) is 11.8. The number of rotatable bonds is 8. The van der Waals surface area contributed by atoms with Crippen molar-refractivity contribution in [1.82, 2.24) is 15.5 Å². The van der Waals surface area contributed by atoms with Crippen LogP contribution < -0.4 is 5.32 Å². The first-order valence-corrected chi connectivity index (χ1v) is 9.46. The number of thioether (sulfide) groups is 2. The molecule has 1 N–H and O–H groups in total. The Bertz CT molecular complexity index is 465. The molecular weight excluding hydrogens is 314 g/mol. The molecule has 0 radical (unpaired) electrons. The highest BCUT2D eigenvalue weighted by molar-refractivity contribution is 8.02. The first-order valence-electron chi connectivity index (χ1n) is 6.44. The highest BCUT2D eigenvalue weighted by Gasteiger charge is 2.39. The van der Waals surface area contributed by atoms with E-state index in [2.05, 4.69) is 15.5 Å². The molecule has 112 valence electrons. The molecule has 1 heterocycles. The quantitative estimate of drug-likeness (QED) is 0.579. The summed E-state index contributed by atoms with van der Waals surface area (Å²) in [5, 5.41) is 11.6. The fourth-order valence-electron chi connectivity index (χ4n) is 1.82. The summed E-state index contributed by atoms with van der Waals surface area (Å²) in [6.45, 7) is 1.92. The average molecular weight is 334 g/mol. The van der Waals surface area contributed by atoms with Crippen LogP contribution >= 0.6 is 34.9 Å². The molecule has 1 unspecified atom stereocenters. The molecule has 1 aromatic rings. The van der Waals surface area contributed by atoms with Crippen molar-refractivity contribution >= 4 is 40.8 Å². The summed E-state index contributed by atoms with van der Waals surface area (Å²) in [7, 11) is 1.44. The number of hydrogen-bond acceptors (Lipinski definition) is 8. The third-order valence-electron chi connectivity index (χ3n) is 3.13. The fourth-order valence-corrected chi connectivity index (χ4v) is 4.49. The topological polar surface area (TPSA) is 64.1 Å². The largest absolute Gasteiger partial charge is 0.468 e. The van der Waals surface area contributed by atoms with Gasteiger partial charge >= 0.3 is 5.97 Å². The van der Waals surface area contributed by atoms with Crippen LogP contribution in [0.15, 0.2) is 8.68 Å². The Balaban J connectivity index is 1.86. The number of carbonyl (C=O) groups is 1. The fraction of sp³-hybridized carbons (Fsp3) is 0.750. The van der Waals surface area contributed by atoms with Crippen molar-refractivity contribution < 1.29 is 9.53 Å². The van der Waals surface area contributed by atoms with Crippen LogP contribution in [0.5, 0.6) is 0 Å². The second-order valence-electron chi connectivity index (χ2n) is 4.88. The second-order valence-corrected chi connectivity index (χ2v) is 8.25. The van der Waals surface area contributed by atoms with Crippen LogP contribution in [-0.2, 0) is 9.53 Å². The van der Waals surface area contributed by atoms with Crippen molar-refractivity contribution in [2.24, 2.45) is 0 Å². The monoisotopic (exact) mass is 333 g/mol. The summed E-state index contributed by atoms with van der Waals surface area (Å²) >= 11 is 4.83. The van der Waals surface area contributed by atoms with Gasteiger partial charge in [0.05, 0.1) is 7.11 Å². The van der Waals surface area contributed by atoms with Gasteiger partial charge in [-0.1, -0.05) is 34.9 Å². The Morgan fingerprint density at radius 3 is 2.75 bits per heavy atom. The molecule has 0 aromatic carbocycles. The summed E-state index contributed by atoms with van der Waals surface area (Å²) in [5.41, 5.74) is -0.601. The van der Waals surface area contributed by atoms with Crippen LogP contribution in [-0.4, -0.2) is 46.9 Å². The molecule has 2 rings (SSSR count). The average Bonchev–Trinajstić information content (AvgIpc) is 3.13. The van der Waals surface area contributed by atoms with E-state index in [1.54, 1.807) is 34.9 Å². The Kier molecular flexibility index (Phi) is 5.71. The van der Waals surface area contributed by atoms with E-state index >= 15 is 0 Å². The SMILES string of the molecule is COC(=O)C(C)(CCSc1nnc(SC)s1)NC1CC1. The van der Waals surface area contributed by atoms with Crippen molar-refractivity contribution in [1.29, 1.82) is 0 Å². The molecule has 1 atom stereocenters. The van der Waals surface area contributed by atoms with E-state index in [1.807, 2.05) is 13.2 Å². The number of esters is 1. The first kappa shape index (κ1) is 16.1. The number of hydrogen-bond donors (Lipinski definition) is 1. The molecule has 1 aliphatic carbocycles. The van der Waals surface area contributed by atoms with Crippen LogP contribution in [0.3, 0.4) is 0 Å². The summed E-state index contributed by atoms with van der Waals surface area (Å²) in [6, 6.07) is 0.466. The zero-order valence-corrected chi connectivity index (χ0v) is 14.3. The van der Waals surface area contributed by atoms with Crippen LogP contribution in [0.2, 0.25) is 0 Å². The van der Waals surface area contributed by atoms with Gasteiger partial charge in [0.1, 0.15) is 5.54 Å². The van der Waals surface area contributed by atoms with E-state index in [-0.39, 0.29) is 5.97 Å². The van der Waals surface area contributed by atoms with Gasteiger partial charge in [-0.05, 0) is 32.4 Å². The molecule has 1 saturated carbocycles. The number of methoxy groups -OCH3 is 1. The minimum absolute atomic E-state index is 0.188. The molecule has 0 bridgehead atoms. The van der Waals surface area contributed by atoms with Gasteiger partial charge in [0.15, 0.2) is 8.68 Å². The predicted octanol–water partition coefficient (Wildman–Crippen LogP) is 2.43. The summed E-state index contributed by atoms with van der Waals surface area (Å²) in [5.74, 6) is 0.626. The second kappa shape index (κ2) is 7.11. The number of nitrogens with one attached hydrogen (secondary N) is 1. The van der Waals surface area contributed by atoms with E-state index in [0.717, 1.165) is 33.7 Å². The van der Waals surface area contributed by atoms with E-state index in [1.165, 1.54) is 7.11 Å². The maximum absolute atomic E-state index is 12.0. The van der Waals surface area contributed by atoms with Crippen molar-refractivity contribution in [3.8, 4) is 0 Å². The summed E-state index contributed by atoms with van der Waals surface area (Å²) < 4.78 is 6.85. The molecule has 20 heavy (non-hydrogen) atoms. The van der Waals surface area contributed by atoms with Gasteiger partial charge in [0.2, 0.25) is 0 Å². The molecule has 1 fully saturated rings. The molecule has 0 aliphatic heterocycles. The Hall–Kier alpha value is -0.310. The molecule has 1 aliphatic rings.